The van der Waals surface area contributed by atoms with E-state index in [1.165, 1.54) is 17.0 Å². The fraction of sp³-hybridized carbons (Fsp3) is 0.389. The maximum absolute atomic E-state index is 13.1. The molecule has 5 heteroatoms. The van der Waals surface area contributed by atoms with Crippen LogP contribution in [-0.2, 0) is 11.3 Å². The summed E-state index contributed by atoms with van der Waals surface area (Å²) in [6, 6.07) is 10.6. The van der Waals surface area contributed by atoms with Gasteiger partial charge >= 0.3 is 0 Å². The number of benzene rings is 1. The number of anilines is 1. The van der Waals surface area contributed by atoms with Gasteiger partial charge in [0.05, 0.1) is 0 Å². The highest BCUT2D eigenvalue weighted by Gasteiger charge is 2.27. The van der Waals surface area contributed by atoms with E-state index in [9.17, 15) is 9.18 Å². The number of halogens is 1. The standard InChI is InChI=1S/C18H21FN2OS/c1-14(22)21(16-6-4-15(19)5-7-16)17-8-10-20(11-9-17)13-18-3-2-12-23-18/h2-7,12,17H,8-11,13H2,1H3. The van der Waals surface area contributed by atoms with Crippen LogP contribution in [0.2, 0.25) is 0 Å². The number of piperidine rings is 1. The largest absolute Gasteiger partial charge is 0.310 e. The Bertz CT molecular complexity index is 634. The van der Waals surface area contributed by atoms with Gasteiger partial charge in [-0.3, -0.25) is 9.69 Å². The van der Waals surface area contributed by atoms with Crippen molar-refractivity contribution >= 4 is 22.9 Å². The van der Waals surface area contributed by atoms with Gasteiger partial charge < -0.3 is 4.90 Å². The van der Waals surface area contributed by atoms with Crippen LogP contribution >= 0.6 is 11.3 Å². The van der Waals surface area contributed by atoms with Crippen LogP contribution in [0.15, 0.2) is 41.8 Å². The van der Waals surface area contributed by atoms with Gasteiger partial charge in [0.15, 0.2) is 0 Å². The monoisotopic (exact) mass is 332 g/mol. The molecule has 1 aliphatic rings. The third kappa shape index (κ3) is 3.98. The number of nitrogens with zero attached hydrogens (tertiary/aromatic N) is 2. The van der Waals surface area contributed by atoms with E-state index in [0.29, 0.717) is 0 Å². The van der Waals surface area contributed by atoms with Crippen molar-refractivity contribution in [3.63, 3.8) is 0 Å². The average molecular weight is 332 g/mol. The van der Waals surface area contributed by atoms with Crippen LogP contribution in [0.1, 0.15) is 24.6 Å². The molecule has 0 radical (unpaired) electrons. The van der Waals surface area contributed by atoms with Gasteiger partial charge in [0, 0.05) is 43.2 Å². The normalized spacial score (nSPS) is 16.4. The summed E-state index contributed by atoms with van der Waals surface area (Å²) in [5.41, 5.74) is 0.788. The maximum atomic E-state index is 13.1. The molecular formula is C18H21FN2OS. The highest BCUT2D eigenvalue weighted by atomic mass is 32.1. The summed E-state index contributed by atoms with van der Waals surface area (Å²) in [7, 11) is 0. The van der Waals surface area contributed by atoms with Crippen molar-refractivity contribution in [3.05, 3.63) is 52.5 Å². The minimum Gasteiger partial charge on any atom is -0.310 e. The molecule has 1 fully saturated rings. The molecule has 1 saturated heterocycles. The Hall–Kier alpha value is -1.72. The minimum atomic E-state index is -0.275. The molecule has 1 amide bonds. The molecule has 23 heavy (non-hydrogen) atoms. The number of hydrogen-bond donors (Lipinski definition) is 0. The number of amides is 1. The fourth-order valence-corrected chi connectivity index (χ4v) is 3.96. The van der Waals surface area contributed by atoms with Crippen LogP contribution in [0, 0.1) is 5.82 Å². The van der Waals surface area contributed by atoms with Gasteiger partial charge in [0.2, 0.25) is 5.91 Å². The Morgan fingerprint density at radius 2 is 1.96 bits per heavy atom. The summed E-state index contributed by atoms with van der Waals surface area (Å²) in [5, 5.41) is 2.11. The Morgan fingerprint density at radius 3 is 2.52 bits per heavy atom. The molecule has 0 unspecified atom stereocenters. The van der Waals surface area contributed by atoms with Crippen LogP contribution in [0.4, 0.5) is 10.1 Å². The van der Waals surface area contributed by atoms with E-state index in [4.69, 9.17) is 0 Å². The summed E-state index contributed by atoms with van der Waals surface area (Å²) in [6.45, 7) is 4.53. The van der Waals surface area contributed by atoms with Crippen molar-refractivity contribution in [1.82, 2.24) is 4.90 Å². The molecule has 2 heterocycles. The van der Waals surface area contributed by atoms with Crippen molar-refractivity contribution in [2.75, 3.05) is 18.0 Å². The van der Waals surface area contributed by atoms with E-state index in [2.05, 4.69) is 22.4 Å². The van der Waals surface area contributed by atoms with Crippen molar-refractivity contribution in [2.24, 2.45) is 0 Å². The molecule has 1 aromatic carbocycles. The van der Waals surface area contributed by atoms with Gasteiger partial charge in [0.1, 0.15) is 5.82 Å². The summed E-state index contributed by atoms with van der Waals surface area (Å²) >= 11 is 1.79. The molecule has 0 spiro atoms. The SMILES string of the molecule is CC(=O)N(c1ccc(F)cc1)C1CCN(Cc2cccs2)CC1. The zero-order chi connectivity index (χ0) is 16.2. The van der Waals surface area contributed by atoms with E-state index < -0.39 is 0 Å². The maximum Gasteiger partial charge on any atom is 0.224 e. The molecule has 0 N–H and O–H groups in total. The highest BCUT2D eigenvalue weighted by molar-refractivity contribution is 7.09. The topological polar surface area (TPSA) is 23.6 Å². The van der Waals surface area contributed by atoms with Crippen molar-refractivity contribution in [2.45, 2.75) is 32.4 Å². The average Bonchev–Trinajstić information content (AvgIpc) is 3.04. The first-order valence-corrected chi connectivity index (χ1v) is 8.81. The number of carbonyl (C=O) groups is 1. The second kappa shape index (κ2) is 7.23. The number of thiophene rings is 1. The van der Waals surface area contributed by atoms with E-state index in [-0.39, 0.29) is 17.8 Å². The Labute approximate surface area is 140 Å². The predicted molar refractivity (Wildman–Crippen MR) is 92.2 cm³/mol. The molecule has 1 aromatic heterocycles. The number of rotatable bonds is 4. The fourth-order valence-electron chi connectivity index (χ4n) is 3.21. The molecule has 0 saturated carbocycles. The van der Waals surface area contributed by atoms with Gasteiger partial charge in [-0.25, -0.2) is 4.39 Å². The van der Waals surface area contributed by atoms with E-state index in [1.807, 2.05) is 4.90 Å². The summed E-state index contributed by atoms with van der Waals surface area (Å²) in [4.78, 5) is 17.7. The van der Waals surface area contributed by atoms with Gasteiger partial charge in [-0.05, 0) is 48.6 Å². The van der Waals surface area contributed by atoms with E-state index in [0.717, 1.165) is 38.2 Å². The van der Waals surface area contributed by atoms with Crippen LogP contribution in [0.25, 0.3) is 0 Å². The highest BCUT2D eigenvalue weighted by Crippen LogP contribution is 2.25. The van der Waals surface area contributed by atoms with Crippen molar-refractivity contribution < 1.29 is 9.18 Å². The lowest BCUT2D eigenvalue weighted by atomic mass is 10.0. The van der Waals surface area contributed by atoms with E-state index >= 15 is 0 Å². The molecule has 0 aliphatic carbocycles. The Morgan fingerprint density at radius 1 is 1.26 bits per heavy atom. The molecule has 122 valence electrons. The number of likely N-dealkylation sites (tertiary alicyclic amines) is 1. The quantitative estimate of drug-likeness (QED) is 0.848. The molecule has 0 bridgehead atoms. The van der Waals surface area contributed by atoms with Crippen LogP contribution in [0.3, 0.4) is 0 Å². The summed E-state index contributed by atoms with van der Waals surface area (Å²) < 4.78 is 13.1. The van der Waals surface area contributed by atoms with Gasteiger partial charge in [-0.15, -0.1) is 11.3 Å². The summed E-state index contributed by atoms with van der Waals surface area (Å²) in [5.74, 6) is -0.253. The van der Waals surface area contributed by atoms with Crippen molar-refractivity contribution in [3.8, 4) is 0 Å². The second-order valence-electron chi connectivity index (χ2n) is 5.95. The number of carbonyl (C=O) groups excluding carboxylic acids is 1. The third-order valence-corrected chi connectivity index (χ3v) is 5.19. The second-order valence-corrected chi connectivity index (χ2v) is 6.98. The molecule has 2 aromatic rings. The minimum absolute atomic E-state index is 0.0216. The first kappa shape index (κ1) is 16.1. The molecule has 3 nitrogen and oxygen atoms in total. The zero-order valence-corrected chi connectivity index (χ0v) is 14.1. The lowest BCUT2D eigenvalue weighted by Gasteiger charge is -2.38. The first-order chi connectivity index (χ1) is 11.1. The first-order valence-electron chi connectivity index (χ1n) is 7.93. The zero-order valence-electron chi connectivity index (χ0n) is 13.2. The van der Waals surface area contributed by atoms with Gasteiger partial charge in [0.25, 0.3) is 0 Å². The predicted octanol–water partition coefficient (Wildman–Crippen LogP) is 3.90. The third-order valence-electron chi connectivity index (χ3n) is 4.33. The van der Waals surface area contributed by atoms with Crippen LogP contribution in [-0.4, -0.2) is 29.9 Å². The lowest BCUT2D eigenvalue weighted by Crippen LogP contribution is -2.46. The molecule has 0 atom stereocenters. The Balaban J connectivity index is 1.64. The molecule has 3 rings (SSSR count). The number of hydrogen-bond acceptors (Lipinski definition) is 3. The Kier molecular flexibility index (Phi) is 5.08. The van der Waals surface area contributed by atoms with Crippen molar-refractivity contribution in [1.29, 1.82) is 0 Å². The lowest BCUT2D eigenvalue weighted by molar-refractivity contribution is -0.117. The molecule has 1 aliphatic heterocycles. The van der Waals surface area contributed by atoms with Gasteiger partial charge in [-0.1, -0.05) is 6.07 Å². The van der Waals surface area contributed by atoms with Crippen LogP contribution < -0.4 is 4.90 Å². The summed E-state index contributed by atoms with van der Waals surface area (Å²) in [6.07, 6.45) is 1.89. The molecular weight excluding hydrogens is 311 g/mol. The smallest absolute Gasteiger partial charge is 0.224 e. The van der Waals surface area contributed by atoms with E-state index in [1.54, 1.807) is 30.4 Å². The van der Waals surface area contributed by atoms with Gasteiger partial charge in [-0.2, -0.15) is 0 Å². The van der Waals surface area contributed by atoms with Crippen LogP contribution in [0.5, 0.6) is 0 Å².